The van der Waals surface area contributed by atoms with Crippen LogP contribution >= 0.6 is 0 Å². The third-order valence-electron chi connectivity index (χ3n) is 4.45. The Labute approximate surface area is 186 Å². The van der Waals surface area contributed by atoms with Gasteiger partial charge in [0.1, 0.15) is 11.6 Å². The highest BCUT2D eigenvalue weighted by Gasteiger charge is 2.25. The Bertz CT molecular complexity index is 1060. The molecule has 2 aromatic carbocycles. The number of amides is 2. The number of rotatable bonds is 6. The molecule has 166 valence electrons. The van der Waals surface area contributed by atoms with Crippen LogP contribution in [0.5, 0.6) is 0 Å². The van der Waals surface area contributed by atoms with E-state index in [9.17, 15) is 14.0 Å². The van der Waals surface area contributed by atoms with Crippen LogP contribution in [-0.4, -0.2) is 28.6 Å². The molecule has 0 aliphatic heterocycles. The van der Waals surface area contributed by atoms with Gasteiger partial charge in [-0.2, -0.15) is 4.39 Å². The zero-order valence-electron chi connectivity index (χ0n) is 18.3. The van der Waals surface area contributed by atoms with Crippen LogP contribution in [0.25, 0.3) is 11.3 Å². The summed E-state index contributed by atoms with van der Waals surface area (Å²) in [6.07, 6.45) is -0.363. The molecule has 0 saturated heterocycles. The second-order valence-electron chi connectivity index (χ2n) is 8.30. The molecule has 1 aromatic heterocycles. The van der Waals surface area contributed by atoms with Gasteiger partial charge in [0.2, 0.25) is 11.9 Å². The number of hydrogen-bond donors (Lipinski definition) is 2. The molecule has 2 amide bonds. The number of alkyl carbamates (subject to hydrolysis) is 1. The lowest BCUT2D eigenvalue weighted by Crippen LogP contribution is -2.47. The van der Waals surface area contributed by atoms with Gasteiger partial charge in [-0.25, -0.2) is 9.78 Å². The average Bonchev–Trinajstić information content (AvgIpc) is 2.73. The smallest absolute Gasteiger partial charge is 0.408 e. The van der Waals surface area contributed by atoms with Gasteiger partial charge in [-0.1, -0.05) is 48.5 Å². The fourth-order valence-corrected chi connectivity index (χ4v) is 3.03. The summed E-state index contributed by atoms with van der Waals surface area (Å²) in [5.74, 6) is -0.937. The number of ether oxygens (including phenoxy) is 1. The summed E-state index contributed by atoms with van der Waals surface area (Å²) in [5.41, 5.74) is 1.97. The lowest BCUT2D eigenvalue weighted by Gasteiger charge is -2.23. The predicted octanol–water partition coefficient (Wildman–Crippen LogP) is 4.96. The van der Waals surface area contributed by atoms with E-state index in [1.165, 1.54) is 6.07 Å². The number of pyridine rings is 1. The lowest BCUT2D eigenvalue weighted by molar-refractivity contribution is -0.118. The molecule has 1 heterocycles. The summed E-state index contributed by atoms with van der Waals surface area (Å²) < 4.78 is 18.7. The SMILES string of the molecule is CC(C)(C)OC(=O)N[C@@H](Cc1ccccc1)C(=O)Nc1ccc(-c2cccc(F)n2)cc1. The highest BCUT2D eigenvalue weighted by molar-refractivity contribution is 5.97. The lowest BCUT2D eigenvalue weighted by atomic mass is 10.1. The summed E-state index contributed by atoms with van der Waals surface area (Å²) in [5, 5.41) is 5.48. The van der Waals surface area contributed by atoms with E-state index < -0.39 is 23.7 Å². The minimum absolute atomic E-state index is 0.303. The molecular formula is C25H26FN3O3. The molecule has 0 aliphatic rings. The summed E-state index contributed by atoms with van der Waals surface area (Å²) in [4.78, 5) is 29.1. The van der Waals surface area contributed by atoms with E-state index in [2.05, 4.69) is 15.6 Å². The summed E-state index contributed by atoms with van der Waals surface area (Å²) >= 11 is 0. The van der Waals surface area contributed by atoms with E-state index >= 15 is 0 Å². The molecule has 3 rings (SSSR count). The first-order valence-corrected chi connectivity index (χ1v) is 10.3. The number of nitrogens with zero attached hydrogens (tertiary/aromatic N) is 1. The quantitative estimate of drug-likeness (QED) is 0.536. The molecule has 2 N–H and O–H groups in total. The van der Waals surface area contributed by atoms with Gasteiger partial charge in [0.15, 0.2) is 0 Å². The zero-order valence-corrected chi connectivity index (χ0v) is 18.3. The molecule has 1 atom stereocenters. The Balaban J connectivity index is 1.72. The first-order chi connectivity index (χ1) is 15.2. The number of nitrogens with one attached hydrogen (secondary N) is 2. The van der Waals surface area contributed by atoms with Crippen LogP contribution < -0.4 is 10.6 Å². The predicted molar refractivity (Wildman–Crippen MR) is 122 cm³/mol. The number of carbonyl (C=O) groups excluding carboxylic acids is 2. The molecule has 6 nitrogen and oxygen atoms in total. The van der Waals surface area contributed by atoms with Crippen molar-refractivity contribution in [3.05, 3.63) is 84.3 Å². The first-order valence-electron chi connectivity index (χ1n) is 10.3. The van der Waals surface area contributed by atoms with E-state index in [1.807, 2.05) is 30.3 Å². The third kappa shape index (κ3) is 6.91. The van der Waals surface area contributed by atoms with Gasteiger partial charge in [-0.15, -0.1) is 0 Å². The van der Waals surface area contributed by atoms with Crippen molar-refractivity contribution < 1.29 is 18.7 Å². The molecule has 0 radical (unpaired) electrons. The van der Waals surface area contributed by atoms with Gasteiger partial charge in [0.25, 0.3) is 0 Å². The minimum atomic E-state index is -0.836. The van der Waals surface area contributed by atoms with E-state index in [-0.39, 0.29) is 5.91 Å². The van der Waals surface area contributed by atoms with Crippen LogP contribution in [0.4, 0.5) is 14.9 Å². The average molecular weight is 435 g/mol. The standard InChI is InChI=1S/C25H26FN3O3/c1-25(2,3)32-24(31)29-21(16-17-8-5-4-6-9-17)23(30)27-19-14-12-18(13-15-19)20-10-7-11-22(26)28-20/h4-15,21H,16H2,1-3H3,(H,27,30)(H,29,31)/t21-/m0/s1. The van der Waals surface area contributed by atoms with E-state index in [0.717, 1.165) is 11.1 Å². The number of anilines is 1. The molecule has 0 spiro atoms. The van der Waals surface area contributed by atoms with Gasteiger partial charge in [0, 0.05) is 17.7 Å². The van der Waals surface area contributed by atoms with E-state index in [4.69, 9.17) is 4.74 Å². The highest BCUT2D eigenvalue weighted by Crippen LogP contribution is 2.20. The molecule has 3 aromatic rings. The van der Waals surface area contributed by atoms with Gasteiger partial charge in [-0.05, 0) is 50.6 Å². The molecule has 32 heavy (non-hydrogen) atoms. The van der Waals surface area contributed by atoms with E-state index in [0.29, 0.717) is 17.8 Å². The second kappa shape index (κ2) is 10.0. The van der Waals surface area contributed by atoms with Crippen LogP contribution in [0.2, 0.25) is 0 Å². The summed E-state index contributed by atoms with van der Waals surface area (Å²) in [7, 11) is 0. The fourth-order valence-electron chi connectivity index (χ4n) is 3.03. The number of carbonyl (C=O) groups is 2. The number of hydrogen-bond acceptors (Lipinski definition) is 4. The Morgan fingerprint density at radius 2 is 1.66 bits per heavy atom. The number of aromatic nitrogens is 1. The molecular weight excluding hydrogens is 409 g/mol. The topological polar surface area (TPSA) is 80.3 Å². The van der Waals surface area contributed by atoms with Crippen LogP contribution in [-0.2, 0) is 16.0 Å². The molecule has 0 fully saturated rings. The first kappa shape index (κ1) is 22.9. The monoisotopic (exact) mass is 435 g/mol. The van der Waals surface area contributed by atoms with Gasteiger partial charge in [-0.3, -0.25) is 4.79 Å². The Morgan fingerprint density at radius 1 is 0.969 bits per heavy atom. The van der Waals surface area contributed by atoms with Crippen molar-refractivity contribution in [2.45, 2.75) is 38.8 Å². The Morgan fingerprint density at radius 3 is 2.28 bits per heavy atom. The maximum atomic E-state index is 13.4. The largest absolute Gasteiger partial charge is 0.444 e. The van der Waals surface area contributed by atoms with Crippen molar-refractivity contribution in [1.29, 1.82) is 0 Å². The zero-order chi connectivity index (χ0) is 23.1. The van der Waals surface area contributed by atoms with Crippen molar-refractivity contribution in [3.8, 4) is 11.3 Å². The molecule has 7 heteroatoms. The Kier molecular flexibility index (Phi) is 7.20. The molecule has 0 unspecified atom stereocenters. The molecule has 0 saturated carbocycles. The van der Waals surface area contributed by atoms with Crippen molar-refractivity contribution in [2.24, 2.45) is 0 Å². The minimum Gasteiger partial charge on any atom is -0.444 e. The van der Waals surface area contributed by atoms with Crippen LogP contribution in [0, 0.1) is 5.95 Å². The number of halogens is 1. The van der Waals surface area contributed by atoms with E-state index in [1.54, 1.807) is 57.2 Å². The van der Waals surface area contributed by atoms with Gasteiger partial charge >= 0.3 is 6.09 Å². The maximum absolute atomic E-state index is 13.4. The molecule has 0 bridgehead atoms. The van der Waals surface area contributed by atoms with Gasteiger partial charge < -0.3 is 15.4 Å². The summed E-state index contributed by atoms with van der Waals surface area (Å²) in [6, 6.07) is 20.0. The van der Waals surface area contributed by atoms with Crippen LogP contribution in [0.15, 0.2) is 72.8 Å². The Hall–Kier alpha value is -3.74. The molecule has 0 aliphatic carbocycles. The van der Waals surface area contributed by atoms with Crippen LogP contribution in [0.3, 0.4) is 0 Å². The summed E-state index contributed by atoms with van der Waals surface area (Å²) in [6.45, 7) is 5.27. The number of benzene rings is 2. The normalized spacial score (nSPS) is 12.0. The second-order valence-corrected chi connectivity index (χ2v) is 8.30. The fraction of sp³-hybridized carbons (Fsp3) is 0.240. The maximum Gasteiger partial charge on any atom is 0.408 e. The highest BCUT2D eigenvalue weighted by atomic mass is 19.1. The van der Waals surface area contributed by atoms with Crippen molar-refractivity contribution in [2.75, 3.05) is 5.32 Å². The van der Waals surface area contributed by atoms with Gasteiger partial charge in [0.05, 0.1) is 5.69 Å². The van der Waals surface area contributed by atoms with Crippen molar-refractivity contribution >= 4 is 17.7 Å². The van der Waals surface area contributed by atoms with Crippen molar-refractivity contribution in [3.63, 3.8) is 0 Å². The third-order valence-corrected chi connectivity index (χ3v) is 4.45. The van der Waals surface area contributed by atoms with Crippen molar-refractivity contribution in [1.82, 2.24) is 10.3 Å². The van der Waals surface area contributed by atoms with Crippen LogP contribution in [0.1, 0.15) is 26.3 Å².